The highest BCUT2D eigenvalue weighted by Crippen LogP contribution is 2.27. The van der Waals surface area contributed by atoms with E-state index < -0.39 is 0 Å². The Morgan fingerprint density at radius 2 is 2.08 bits per heavy atom. The van der Waals surface area contributed by atoms with Gasteiger partial charge in [-0.05, 0) is 37.8 Å². The number of nitrogens with one attached hydrogen (secondary N) is 1. The van der Waals surface area contributed by atoms with E-state index in [0.29, 0.717) is 21.8 Å². The molecule has 1 fully saturated rings. The van der Waals surface area contributed by atoms with Crippen molar-refractivity contribution in [1.29, 1.82) is 0 Å². The van der Waals surface area contributed by atoms with Crippen molar-refractivity contribution in [3.63, 3.8) is 0 Å². The molecule has 3 heterocycles. The summed E-state index contributed by atoms with van der Waals surface area (Å²) >= 11 is 12.1. The van der Waals surface area contributed by atoms with E-state index >= 15 is 0 Å². The van der Waals surface area contributed by atoms with Gasteiger partial charge in [0.25, 0.3) is 5.91 Å². The van der Waals surface area contributed by atoms with Gasteiger partial charge >= 0.3 is 0 Å². The molecule has 8 heteroatoms. The number of anilines is 1. The van der Waals surface area contributed by atoms with E-state index in [2.05, 4.69) is 15.3 Å². The van der Waals surface area contributed by atoms with Crippen LogP contribution >= 0.6 is 23.2 Å². The van der Waals surface area contributed by atoms with E-state index in [9.17, 15) is 4.79 Å². The molecular formula is C17H21Cl2N5O. The first-order chi connectivity index (χ1) is 12.0. The monoisotopic (exact) mass is 381 g/mol. The number of carbonyl (C=O) groups is 1. The van der Waals surface area contributed by atoms with Crippen LogP contribution in [0.5, 0.6) is 0 Å². The van der Waals surface area contributed by atoms with E-state index in [-0.39, 0.29) is 5.91 Å². The smallest absolute Gasteiger partial charge is 0.270 e. The number of hydrogen-bond donors (Lipinski definition) is 1. The zero-order valence-electron chi connectivity index (χ0n) is 14.3. The van der Waals surface area contributed by atoms with Gasteiger partial charge in [0.2, 0.25) is 0 Å². The summed E-state index contributed by atoms with van der Waals surface area (Å²) < 4.78 is 1.64. The predicted molar refractivity (Wildman–Crippen MR) is 99.3 cm³/mol. The molecule has 0 radical (unpaired) electrons. The Balaban J connectivity index is 1.53. The minimum absolute atomic E-state index is 0.0193. The van der Waals surface area contributed by atoms with Crippen molar-refractivity contribution in [2.24, 2.45) is 13.0 Å². The van der Waals surface area contributed by atoms with Gasteiger partial charge in [0.15, 0.2) is 0 Å². The standard InChI is InChI=1S/C17H21Cl2N5O/c1-11-20-6-3-15(22-11)21-10-12-4-7-24(8-5-12)17(25)14-9-13(18)16(19)23(14)2/h3,6,9,12H,4-5,7-8,10H2,1-2H3,(H,20,21,22). The van der Waals surface area contributed by atoms with Crippen molar-refractivity contribution in [3.05, 3.63) is 40.0 Å². The average Bonchev–Trinajstić information content (AvgIpc) is 2.87. The number of piperidine rings is 1. The van der Waals surface area contributed by atoms with Crippen LogP contribution in [-0.2, 0) is 7.05 Å². The second-order valence-corrected chi connectivity index (χ2v) is 7.10. The number of halogens is 2. The van der Waals surface area contributed by atoms with Crippen LogP contribution in [0.4, 0.5) is 5.82 Å². The number of likely N-dealkylation sites (tertiary alicyclic amines) is 1. The fourth-order valence-corrected chi connectivity index (χ4v) is 3.43. The van der Waals surface area contributed by atoms with Gasteiger partial charge in [-0.1, -0.05) is 23.2 Å². The lowest BCUT2D eigenvalue weighted by Crippen LogP contribution is -2.40. The Kier molecular flexibility index (Phi) is 5.49. The summed E-state index contributed by atoms with van der Waals surface area (Å²) in [5.74, 6) is 2.10. The van der Waals surface area contributed by atoms with Gasteiger partial charge in [0.05, 0.1) is 5.02 Å². The molecule has 0 atom stereocenters. The van der Waals surface area contributed by atoms with Crippen molar-refractivity contribution < 1.29 is 4.79 Å². The van der Waals surface area contributed by atoms with Gasteiger partial charge in [-0.3, -0.25) is 4.79 Å². The molecule has 0 spiro atoms. The Bertz CT molecular complexity index is 768. The number of aromatic nitrogens is 3. The van der Waals surface area contributed by atoms with Gasteiger partial charge in [-0.15, -0.1) is 0 Å². The molecule has 1 aliphatic rings. The molecule has 0 aromatic carbocycles. The molecule has 0 unspecified atom stereocenters. The van der Waals surface area contributed by atoms with Gasteiger partial charge in [0, 0.05) is 32.9 Å². The molecule has 0 saturated carbocycles. The number of rotatable bonds is 4. The number of carbonyl (C=O) groups excluding carboxylic acids is 1. The van der Waals surface area contributed by atoms with Crippen molar-refractivity contribution in [2.75, 3.05) is 25.0 Å². The van der Waals surface area contributed by atoms with Crippen LogP contribution < -0.4 is 5.32 Å². The zero-order chi connectivity index (χ0) is 18.0. The third-order valence-electron chi connectivity index (χ3n) is 4.59. The third-order valence-corrected chi connectivity index (χ3v) is 5.43. The van der Waals surface area contributed by atoms with Crippen LogP contribution in [0.2, 0.25) is 10.2 Å². The van der Waals surface area contributed by atoms with Crippen molar-refractivity contribution in [3.8, 4) is 0 Å². The highest BCUT2D eigenvalue weighted by Gasteiger charge is 2.26. The Morgan fingerprint density at radius 1 is 1.36 bits per heavy atom. The summed E-state index contributed by atoms with van der Waals surface area (Å²) in [7, 11) is 1.75. The Hall–Kier alpha value is -1.79. The first-order valence-corrected chi connectivity index (χ1v) is 9.05. The number of aryl methyl sites for hydroxylation is 1. The second-order valence-electron chi connectivity index (χ2n) is 6.33. The van der Waals surface area contributed by atoms with Crippen LogP contribution in [0.1, 0.15) is 29.2 Å². The zero-order valence-corrected chi connectivity index (χ0v) is 15.8. The minimum atomic E-state index is -0.0193. The van der Waals surface area contributed by atoms with E-state index in [0.717, 1.165) is 44.1 Å². The summed E-state index contributed by atoms with van der Waals surface area (Å²) in [6, 6.07) is 3.51. The highest BCUT2D eigenvalue weighted by molar-refractivity contribution is 6.41. The van der Waals surface area contributed by atoms with Crippen molar-refractivity contribution >= 4 is 34.9 Å². The molecule has 134 valence electrons. The maximum atomic E-state index is 12.7. The van der Waals surface area contributed by atoms with Crippen LogP contribution in [0.25, 0.3) is 0 Å². The largest absolute Gasteiger partial charge is 0.370 e. The number of hydrogen-bond acceptors (Lipinski definition) is 4. The molecule has 2 aromatic heterocycles. The molecule has 1 aliphatic heterocycles. The van der Waals surface area contributed by atoms with E-state index in [1.54, 1.807) is 23.9 Å². The average molecular weight is 382 g/mol. The van der Waals surface area contributed by atoms with Gasteiger partial charge in [-0.2, -0.15) is 0 Å². The molecule has 1 N–H and O–H groups in total. The fourth-order valence-electron chi connectivity index (χ4n) is 3.05. The summed E-state index contributed by atoms with van der Waals surface area (Å²) in [6.07, 6.45) is 3.66. The Labute approximate surface area is 157 Å². The summed E-state index contributed by atoms with van der Waals surface area (Å²) in [5.41, 5.74) is 0.531. The van der Waals surface area contributed by atoms with Gasteiger partial charge in [0.1, 0.15) is 22.5 Å². The highest BCUT2D eigenvalue weighted by atomic mass is 35.5. The quantitative estimate of drug-likeness (QED) is 0.881. The topological polar surface area (TPSA) is 63.1 Å². The van der Waals surface area contributed by atoms with E-state index in [4.69, 9.17) is 23.2 Å². The molecule has 25 heavy (non-hydrogen) atoms. The van der Waals surface area contributed by atoms with Crippen molar-refractivity contribution in [2.45, 2.75) is 19.8 Å². The molecule has 1 saturated heterocycles. The van der Waals surface area contributed by atoms with E-state index in [1.807, 2.05) is 17.9 Å². The number of amides is 1. The van der Waals surface area contributed by atoms with Crippen LogP contribution in [-0.4, -0.2) is 45.0 Å². The molecular weight excluding hydrogens is 361 g/mol. The Morgan fingerprint density at radius 3 is 2.68 bits per heavy atom. The first kappa shape index (κ1) is 18.0. The SMILES string of the molecule is Cc1nccc(NCC2CCN(C(=O)c3cc(Cl)c(Cl)n3C)CC2)n1. The molecule has 3 rings (SSSR count). The molecule has 2 aromatic rings. The van der Waals surface area contributed by atoms with Crippen molar-refractivity contribution in [1.82, 2.24) is 19.4 Å². The minimum Gasteiger partial charge on any atom is -0.370 e. The summed E-state index contributed by atoms with van der Waals surface area (Å²) in [5, 5.41) is 4.16. The van der Waals surface area contributed by atoms with E-state index in [1.165, 1.54) is 0 Å². The molecule has 0 bridgehead atoms. The fraction of sp³-hybridized carbons (Fsp3) is 0.471. The molecule has 6 nitrogen and oxygen atoms in total. The molecule has 0 aliphatic carbocycles. The van der Waals surface area contributed by atoms with Gasteiger partial charge in [-0.25, -0.2) is 9.97 Å². The lowest BCUT2D eigenvalue weighted by Gasteiger charge is -2.32. The summed E-state index contributed by atoms with van der Waals surface area (Å²) in [4.78, 5) is 23.0. The predicted octanol–water partition coefficient (Wildman–Crippen LogP) is 3.39. The normalized spacial score (nSPS) is 15.4. The van der Waals surface area contributed by atoms with Crippen LogP contribution in [0.15, 0.2) is 18.3 Å². The third kappa shape index (κ3) is 4.07. The maximum absolute atomic E-state index is 12.7. The lowest BCUT2D eigenvalue weighted by atomic mass is 9.96. The van der Waals surface area contributed by atoms with Gasteiger partial charge < -0.3 is 14.8 Å². The number of nitrogens with zero attached hydrogens (tertiary/aromatic N) is 4. The second kappa shape index (κ2) is 7.62. The first-order valence-electron chi connectivity index (χ1n) is 8.29. The summed E-state index contributed by atoms with van der Waals surface area (Å²) in [6.45, 7) is 4.18. The lowest BCUT2D eigenvalue weighted by molar-refractivity contribution is 0.0685. The maximum Gasteiger partial charge on any atom is 0.270 e. The molecule has 1 amide bonds. The van der Waals surface area contributed by atoms with Crippen LogP contribution in [0.3, 0.4) is 0 Å². The van der Waals surface area contributed by atoms with Crippen LogP contribution in [0, 0.1) is 12.8 Å².